The summed E-state index contributed by atoms with van der Waals surface area (Å²) in [6.07, 6.45) is 5.45. The van der Waals surface area contributed by atoms with Crippen LogP contribution in [-0.4, -0.2) is 60.0 Å². The molecular weight excluding hydrogens is 316 g/mol. The molecule has 0 aliphatic carbocycles. The molecular formula is C19H36N4O2. The Balaban J connectivity index is 1.74. The lowest BCUT2D eigenvalue weighted by Gasteiger charge is -2.35. The van der Waals surface area contributed by atoms with Crippen LogP contribution in [0.3, 0.4) is 0 Å². The van der Waals surface area contributed by atoms with E-state index in [-0.39, 0.29) is 11.8 Å². The highest BCUT2D eigenvalue weighted by Crippen LogP contribution is 2.17. The Bertz CT molecular complexity index is 455. The second-order valence-electron chi connectivity index (χ2n) is 8.13. The number of amides is 2. The van der Waals surface area contributed by atoms with Gasteiger partial charge >= 0.3 is 0 Å². The molecule has 6 heteroatoms. The minimum absolute atomic E-state index is 0.161. The van der Waals surface area contributed by atoms with Gasteiger partial charge in [0.25, 0.3) is 0 Å². The monoisotopic (exact) mass is 352 g/mol. The Hall–Kier alpha value is -1.14. The van der Waals surface area contributed by atoms with E-state index >= 15 is 0 Å². The summed E-state index contributed by atoms with van der Waals surface area (Å²) in [6.45, 7) is 10.7. The first kappa shape index (κ1) is 20.2. The van der Waals surface area contributed by atoms with Crippen molar-refractivity contribution in [2.45, 2.75) is 96.4 Å². The molecule has 0 aromatic carbocycles. The third-order valence-corrected chi connectivity index (χ3v) is 5.53. The highest BCUT2D eigenvalue weighted by molar-refractivity contribution is 5.78. The average molecular weight is 353 g/mol. The molecule has 144 valence electrons. The van der Waals surface area contributed by atoms with E-state index in [2.05, 4.69) is 48.5 Å². The van der Waals surface area contributed by atoms with E-state index in [1.54, 1.807) is 0 Å². The van der Waals surface area contributed by atoms with E-state index in [9.17, 15) is 9.59 Å². The first-order valence-electron chi connectivity index (χ1n) is 9.93. The summed E-state index contributed by atoms with van der Waals surface area (Å²) < 4.78 is 0. The molecule has 0 aromatic rings. The molecule has 0 spiro atoms. The van der Waals surface area contributed by atoms with Crippen molar-refractivity contribution in [3.63, 3.8) is 0 Å². The lowest BCUT2D eigenvalue weighted by Crippen LogP contribution is -2.48. The van der Waals surface area contributed by atoms with Crippen LogP contribution in [-0.2, 0) is 9.59 Å². The topological polar surface area (TPSA) is 73.5 Å². The number of piperidine rings is 1. The summed E-state index contributed by atoms with van der Waals surface area (Å²) in [7, 11) is 0. The van der Waals surface area contributed by atoms with Crippen molar-refractivity contribution in [2.75, 3.05) is 13.1 Å². The number of carbonyl (C=O) groups is 2. The fourth-order valence-electron chi connectivity index (χ4n) is 4.04. The molecule has 2 rings (SSSR count). The summed E-state index contributed by atoms with van der Waals surface area (Å²) >= 11 is 0. The van der Waals surface area contributed by atoms with Crippen LogP contribution >= 0.6 is 0 Å². The van der Waals surface area contributed by atoms with Gasteiger partial charge in [-0.25, -0.2) is 0 Å². The zero-order valence-corrected chi connectivity index (χ0v) is 16.3. The van der Waals surface area contributed by atoms with Crippen LogP contribution in [0.5, 0.6) is 0 Å². The van der Waals surface area contributed by atoms with E-state index in [0.29, 0.717) is 43.1 Å². The molecule has 6 nitrogen and oxygen atoms in total. The van der Waals surface area contributed by atoms with Crippen molar-refractivity contribution in [1.82, 2.24) is 20.9 Å². The van der Waals surface area contributed by atoms with Gasteiger partial charge in [0, 0.05) is 56.1 Å². The van der Waals surface area contributed by atoms with Crippen LogP contribution in [0.2, 0.25) is 0 Å². The summed E-state index contributed by atoms with van der Waals surface area (Å²) in [5.74, 6) is 0.351. The molecule has 0 bridgehead atoms. The Morgan fingerprint density at radius 1 is 1.12 bits per heavy atom. The van der Waals surface area contributed by atoms with Crippen LogP contribution in [0.1, 0.15) is 66.2 Å². The van der Waals surface area contributed by atoms with Crippen molar-refractivity contribution in [2.24, 2.45) is 0 Å². The number of rotatable bonds is 9. The van der Waals surface area contributed by atoms with Crippen LogP contribution in [0.15, 0.2) is 0 Å². The van der Waals surface area contributed by atoms with Crippen LogP contribution in [0.25, 0.3) is 0 Å². The van der Waals surface area contributed by atoms with Crippen molar-refractivity contribution in [3.05, 3.63) is 0 Å². The molecule has 2 saturated heterocycles. The van der Waals surface area contributed by atoms with Gasteiger partial charge in [0.05, 0.1) is 0 Å². The molecule has 0 unspecified atom stereocenters. The second-order valence-corrected chi connectivity index (χ2v) is 8.13. The van der Waals surface area contributed by atoms with Crippen LogP contribution in [0.4, 0.5) is 0 Å². The van der Waals surface area contributed by atoms with E-state index in [1.807, 2.05) is 0 Å². The highest BCUT2D eigenvalue weighted by Gasteiger charge is 2.27. The normalized spacial score (nSPS) is 26.6. The predicted molar refractivity (Wildman–Crippen MR) is 100 cm³/mol. The zero-order chi connectivity index (χ0) is 18.4. The molecule has 0 radical (unpaired) electrons. The first-order valence-corrected chi connectivity index (χ1v) is 9.93. The minimum atomic E-state index is 0.161. The number of hydrogen-bond acceptors (Lipinski definition) is 4. The van der Waals surface area contributed by atoms with Crippen molar-refractivity contribution in [3.8, 4) is 0 Å². The minimum Gasteiger partial charge on any atom is -0.356 e. The number of hydrogen-bond donors (Lipinski definition) is 3. The van der Waals surface area contributed by atoms with Gasteiger partial charge in [-0.05, 0) is 53.4 Å². The third kappa shape index (κ3) is 6.59. The fraction of sp³-hybridized carbons (Fsp3) is 0.895. The van der Waals surface area contributed by atoms with Crippen LogP contribution in [0, 0.1) is 0 Å². The molecule has 2 heterocycles. The Kier molecular flexibility index (Phi) is 7.69. The lowest BCUT2D eigenvalue weighted by molar-refractivity contribution is -0.123. The number of nitrogens with one attached hydrogen (secondary N) is 3. The van der Waals surface area contributed by atoms with Crippen molar-refractivity contribution in [1.29, 1.82) is 0 Å². The molecule has 2 aliphatic heterocycles. The molecule has 25 heavy (non-hydrogen) atoms. The van der Waals surface area contributed by atoms with E-state index in [1.165, 1.54) is 0 Å². The van der Waals surface area contributed by atoms with Crippen LogP contribution < -0.4 is 16.0 Å². The first-order chi connectivity index (χ1) is 11.8. The number of nitrogens with zero attached hydrogens (tertiary/aromatic N) is 1. The SMILES string of the molecule is CC(C)N(C[C@@H]1CCC(=O)N1)[C@H](C)CC[C@H](C)N[C@H]1CCNC(=O)C1. The highest BCUT2D eigenvalue weighted by atomic mass is 16.2. The lowest BCUT2D eigenvalue weighted by atomic mass is 10.0. The predicted octanol–water partition coefficient (Wildman–Crippen LogP) is 1.40. The number of carbonyl (C=O) groups excluding carboxylic acids is 2. The fourth-order valence-corrected chi connectivity index (χ4v) is 4.04. The molecule has 0 aromatic heterocycles. The van der Waals surface area contributed by atoms with Gasteiger partial charge < -0.3 is 16.0 Å². The maximum absolute atomic E-state index is 11.5. The Morgan fingerprint density at radius 2 is 1.88 bits per heavy atom. The maximum Gasteiger partial charge on any atom is 0.221 e. The van der Waals surface area contributed by atoms with Crippen molar-refractivity contribution < 1.29 is 9.59 Å². The largest absolute Gasteiger partial charge is 0.356 e. The van der Waals surface area contributed by atoms with Gasteiger partial charge in [-0.3, -0.25) is 14.5 Å². The average Bonchev–Trinajstić information content (AvgIpc) is 2.95. The van der Waals surface area contributed by atoms with Gasteiger partial charge in [0.15, 0.2) is 0 Å². The van der Waals surface area contributed by atoms with Gasteiger partial charge in [0.2, 0.25) is 11.8 Å². The van der Waals surface area contributed by atoms with Crippen molar-refractivity contribution >= 4 is 11.8 Å². The molecule has 0 saturated carbocycles. The molecule has 2 aliphatic rings. The summed E-state index contributed by atoms with van der Waals surface area (Å²) in [5, 5.41) is 9.59. The molecule has 2 fully saturated rings. The summed E-state index contributed by atoms with van der Waals surface area (Å²) in [5.41, 5.74) is 0. The van der Waals surface area contributed by atoms with Gasteiger partial charge in [-0.15, -0.1) is 0 Å². The van der Waals surface area contributed by atoms with E-state index in [0.717, 1.165) is 38.8 Å². The standard InChI is InChI=1S/C19H36N4O2/c1-13(2)23(12-17-7-8-18(24)22-17)15(4)6-5-14(3)21-16-9-10-20-19(25)11-16/h13-17,21H,5-12H2,1-4H3,(H,20,25)(H,22,24)/t14-,15+,16-,17-/m0/s1. The Morgan fingerprint density at radius 3 is 2.48 bits per heavy atom. The summed E-state index contributed by atoms with van der Waals surface area (Å²) in [6, 6.07) is 1.98. The Labute approximate surface area is 152 Å². The third-order valence-electron chi connectivity index (χ3n) is 5.53. The van der Waals surface area contributed by atoms with Gasteiger partial charge in [-0.2, -0.15) is 0 Å². The van der Waals surface area contributed by atoms with Gasteiger partial charge in [0.1, 0.15) is 0 Å². The summed E-state index contributed by atoms with van der Waals surface area (Å²) in [4.78, 5) is 25.4. The molecule has 2 amide bonds. The second kappa shape index (κ2) is 9.53. The molecule has 3 N–H and O–H groups in total. The maximum atomic E-state index is 11.5. The quantitative estimate of drug-likeness (QED) is 0.586. The van der Waals surface area contributed by atoms with E-state index < -0.39 is 0 Å². The van der Waals surface area contributed by atoms with E-state index in [4.69, 9.17) is 0 Å². The zero-order valence-electron chi connectivity index (χ0n) is 16.3. The smallest absolute Gasteiger partial charge is 0.221 e. The van der Waals surface area contributed by atoms with Gasteiger partial charge in [-0.1, -0.05) is 0 Å². The molecule has 4 atom stereocenters.